The number of hydrogen-bond donors (Lipinski definition) is 1. The van der Waals surface area contributed by atoms with E-state index < -0.39 is 0 Å². The normalized spacial score (nSPS) is 23.2. The molecule has 1 aromatic rings. The summed E-state index contributed by atoms with van der Waals surface area (Å²) < 4.78 is 2.37. The van der Waals surface area contributed by atoms with Crippen LogP contribution in [0.4, 0.5) is 0 Å². The van der Waals surface area contributed by atoms with Crippen LogP contribution in [0.25, 0.3) is 0 Å². The van der Waals surface area contributed by atoms with Crippen LogP contribution in [-0.4, -0.2) is 15.6 Å². The third kappa shape index (κ3) is 3.38. The summed E-state index contributed by atoms with van der Waals surface area (Å²) in [5.41, 5.74) is 1.36. The zero-order valence-electron chi connectivity index (χ0n) is 12.1. The van der Waals surface area contributed by atoms with E-state index >= 15 is 0 Å². The van der Waals surface area contributed by atoms with Gasteiger partial charge in [-0.2, -0.15) is 0 Å². The van der Waals surface area contributed by atoms with Gasteiger partial charge in [-0.15, -0.1) is 0 Å². The number of nitrogens with one attached hydrogen (secondary N) is 1. The first-order valence-electron chi connectivity index (χ1n) is 8.08. The predicted octanol–water partition coefficient (Wildman–Crippen LogP) is 3.67. The molecule has 0 bridgehead atoms. The molecule has 3 heteroatoms. The summed E-state index contributed by atoms with van der Waals surface area (Å²) in [5.74, 6) is 0.875. The summed E-state index contributed by atoms with van der Waals surface area (Å²) in [5, 5.41) is 3.74. The van der Waals surface area contributed by atoms with E-state index in [0.29, 0.717) is 6.04 Å². The molecule has 0 amide bonds. The minimum absolute atomic E-state index is 0.639. The molecule has 0 saturated heterocycles. The van der Waals surface area contributed by atoms with E-state index in [1.807, 2.05) is 12.5 Å². The molecule has 0 aromatic carbocycles. The summed E-state index contributed by atoms with van der Waals surface area (Å²) in [6.45, 7) is 3.35. The van der Waals surface area contributed by atoms with Crippen molar-refractivity contribution < 1.29 is 0 Å². The third-order valence-corrected chi connectivity index (χ3v) is 4.90. The number of nitrogens with zero attached hydrogens (tertiary/aromatic N) is 2. The van der Waals surface area contributed by atoms with E-state index in [0.717, 1.165) is 18.5 Å². The standard InChI is InChI=1S/C16H27N3/c1-13(14-6-4-2-3-5-7-14)18-11-16-10-17-12-19(16)15-8-9-15/h10,12-15,18H,2-9,11H2,1H3/t13-/m1/s1. The lowest BCUT2D eigenvalue weighted by Crippen LogP contribution is -2.33. The Labute approximate surface area is 116 Å². The third-order valence-electron chi connectivity index (χ3n) is 4.90. The fourth-order valence-corrected chi connectivity index (χ4v) is 3.39. The molecular formula is C16H27N3. The summed E-state index contributed by atoms with van der Waals surface area (Å²) in [6, 6.07) is 1.38. The Morgan fingerprint density at radius 1 is 1.21 bits per heavy atom. The molecule has 3 nitrogen and oxygen atoms in total. The monoisotopic (exact) mass is 261 g/mol. The Hall–Kier alpha value is -0.830. The van der Waals surface area contributed by atoms with Gasteiger partial charge in [0.25, 0.3) is 0 Å². The maximum Gasteiger partial charge on any atom is 0.0951 e. The zero-order valence-corrected chi connectivity index (χ0v) is 12.1. The van der Waals surface area contributed by atoms with Gasteiger partial charge in [-0.05, 0) is 38.5 Å². The Morgan fingerprint density at radius 2 is 1.95 bits per heavy atom. The van der Waals surface area contributed by atoms with Crippen LogP contribution in [-0.2, 0) is 6.54 Å². The average Bonchev–Trinajstić information content (AvgIpc) is 3.21. The van der Waals surface area contributed by atoms with E-state index in [1.54, 1.807) is 0 Å². The topological polar surface area (TPSA) is 29.9 Å². The molecule has 2 fully saturated rings. The molecule has 1 aromatic heterocycles. The highest BCUT2D eigenvalue weighted by Gasteiger charge is 2.25. The first-order chi connectivity index (χ1) is 9.34. The van der Waals surface area contributed by atoms with Crippen molar-refractivity contribution in [2.24, 2.45) is 5.92 Å². The highest BCUT2D eigenvalue weighted by Crippen LogP contribution is 2.35. The van der Waals surface area contributed by atoms with Crippen molar-refractivity contribution in [2.75, 3.05) is 0 Å². The summed E-state index contributed by atoms with van der Waals surface area (Å²) >= 11 is 0. The first-order valence-corrected chi connectivity index (χ1v) is 8.08. The van der Waals surface area contributed by atoms with Crippen LogP contribution in [0.5, 0.6) is 0 Å². The lowest BCUT2D eigenvalue weighted by Gasteiger charge is -2.24. The van der Waals surface area contributed by atoms with Gasteiger partial charge in [-0.1, -0.05) is 25.7 Å². The van der Waals surface area contributed by atoms with Crippen molar-refractivity contribution in [3.05, 3.63) is 18.2 Å². The van der Waals surface area contributed by atoms with Crippen LogP contribution in [0.2, 0.25) is 0 Å². The summed E-state index contributed by atoms with van der Waals surface area (Å²) in [6.07, 6.45) is 15.3. The van der Waals surface area contributed by atoms with Gasteiger partial charge in [-0.25, -0.2) is 4.98 Å². The van der Waals surface area contributed by atoms with Crippen molar-refractivity contribution >= 4 is 0 Å². The number of hydrogen-bond acceptors (Lipinski definition) is 2. The van der Waals surface area contributed by atoms with Gasteiger partial charge >= 0.3 is 0 Å². The second-order valence-corrected chi connectivity index (χ2v) is 6.44. The van der Waals surface area contributed by atoms with Gasteiger partial charge in [-0.3, -0.25) is 0 Å². The zero-order chi connectivity index (χ0) is 13.1. The second-order valence-electron chi connectivity index (χ2n) is 6.44. The van der Waals surface area contributed by atoms with E-state index in [9.17, 15) is 0 Å². The minimum Gasteiger partial charge on any atom is -0.330 e. The van der Waals surface area contributed by atoms with Gasteiger partial charge < -0.3 is 9.88 Å². The van der Waals surface area contributed by atoms with E-state index in [-0.39, 0.29) is 0 Å². The molecule has 0 spiro atoms. The number of imidazole rings is 1. The highest BCUT2D eigenvalue weighted by molar-refractivity contribution is 5.03. The van der Waals surface area contributed by atoms with Crippen LogP contribution in [0.3, 0.4) is 0 Å². The van der Waals surface area contributed by atoms with Crippen molar-refractivity contribution in [1.82, 2.24) is 14.9 Å². The van der Waals surface area contributed by atoms with Crippen LogP contribution in [0.1, 0.15) is 70.0 Å². The van der Waals surface area contributed by atoms with Crippen LogP contribution < -0.4 is 5.32 Å². The largest absolute Gasteiger partial charge is 0.330 e. The van der Waals surface area contributed by atoms with Crippen molar-refractivity contribution in [3.8, 4) is 0 Å². The van der Waals surface area contributed by atoms with Crippen LogP contribution in [0.15, 0.2) is 12.5 Å². The molecule has 2 aliphatic rings. The van der Waals surface area contributed by atoms with Crippen molar-refractivity contribution in [1.29, 1.82) is 0 Å². The molecule has 106 valence electrons. The lowest BCUT2D eigenvalue weighted by atomic mass is 9.93. The van der Waals surface area contributed by atoms with E-state index in [4.69, 9.17) is 0 Å². The summed E-state index contributed by atoms with van der Waals surface area (Å²) in [7, 11) is 0. The number of aromatic nitrogens is 2. The average molecular weight is 261 g/mol. The lowest BCUT2D eigenvalue weighted by molar-refractivity contribution is 0.334. The van der Waals surface area contributed by atoms with Crippen LogP contribution in [0, 0.1) is 5.92 Å². The molecule has 2 aliphatic carbocycles. The van der Waals surface area contributed by atoms with Gasteiger partial charge in [0.1, 0.15) is 0 Å². The Kier molecular flexibility index (Phi) is 4.21. The highest BCUT2D eigenvalue weighted by atomic mass is 15.1. The first kappa shape index (κ1) is 13.2. The molecule has 1 heterocycles. The molecule has 0 unspecified atom stereocenters. The molecule has 1 atom stereocenters. The van der Waals surface area contributed by atoms with E-state index in [2.05, 4.69) is 21.8 Å². The molecule has 19 heavy (non-hydrogen) atoms. The van der Waals surface area contributed by atoms with Gasteiger partial charge in [0.05, 0.1) is 12.0 Å². The van der Waals surface area contributed by atoms with Gasteiger partial charge in [0.15, 0.2) is 0 Å². The Balaban J connectivity index is 1.51. The molecule has 2 saturated carbocycles. The maximum absolute atomic E-state index is 4.31. The maximum atomic E-state index is 4.31. The predicted molar refractivity (Wildman–Crippen MR) is 78.0 cm³/mol. The Bertz CT molecular complexity index is 386. The minimum atomic E-state index is 0.639. The quantitative estimate of drug-likeness (QED) is 0.820. The number of rotatable bonds is 5. The summed E-state index contributed by atoms with van der Waals surface area (Å²) in [4.78, 5) is 4.31. The Morgan fingerprint density at radius 3 is 2.63 bits per heavy atom. The van der Waals surface area contributed by atoms with Crippen LogP contribution >= 0.6 is 0 Å². The molecule has 3 rings (SSSR count). The molecule has 1 N–H and O–H groups in total. The molecule has 0 aliphatic heterocycles. The molecule has 0 radical (unpaired) electrons. The van der Waals surface area contributed by atoms with Gasteiger partial charge in [0, 0.05) is 24.8 Å². The fourth-order valence-electron chi connectivity index (χ4n) is 3.39. The van der Waals surface area contributed by atoms with Crippen molar-refractivity contribution in [2.45, 2.75) is 76.9 Å². The second kappa shape index (κ2) is 6.08. The fraction of sp³-hybridized carbons (Fsp3) is 0.812. The van der Waals surface area contributed by atoms with Gasteiger partial charge in [0.2, 0.25) is 0 Å². The SMILES string of the molecule is C[C@@H](NCc1cncn1C1CC1)C1CCCCCC1. The van der Waals surface area contributed by atoms with Crippen molar-refractivity contribution in [3.63, 3.8) is 0 Å². The molecular weight excluding hydrogens is 234 g/mol. The van der Waals surface area contributed by atoms with E-state index in [1.165, 1.54) is 57.1 Å². The smallest absolute Gasteiger partial charge is 0.0951 e.